The summed E-state index contributed by atoms with van der Waals surface area (Å²) in [6.45, 7) is 6.59. The highest BCUT2D eigenvalue weighted by atomic mass is 16.5. The number of carbonyl (C=O) groups excluding carboxylic acids is 1. The molecule has 0 atom stereocenters. The monoisotopic (exact) mass is 379 g/mol. The summed E-state index contributed by atoms with van der Waals surface area (Å²) in [7, 11) is 1.58. The Morgan fingerprint density at radius 3 is 2.50 bits per heavy atom. The van der Waals surface area contributed by atoms with Gasteiger partial charge in [0.05, 0.1) is 19.1 Å². The topological polar surface area (TPSA) is 60.7 Å². The summed E-state index contributed by atoms with van der Waals surface area (Å²) in [5.41, 5.74) is 2.32. The standard InChI is InChI=1S/C23H25NO4/c1-23(2,3)17-10-11-20(26-4)19(14-17)24-22(25)21-16(12-13-27-21)15-28-18-8-6-5-7-9-18/h5-14H,15H2,1-4H3,(H,24,25). The van der Waals surface area contributed by atoms with Crippen LogP contribution in [-0.2, 0) is 12.0 Å². The van der Waals surface area contributed by atoms with Gasteiger partial charge in [-0.1, -0.05) is 45.0 Å². The minimum absolute atomic E-state index is 0.0505. The fourth-order valence-corrected chi connectivity index (χ4v) is 2.78. The van der Waals surface area contributed by atoms with Gasteiger partial charge in [0.2, 0.25) is 0 Å². The fourth-order valence-electron chi connectivity index (χ4n) is 2.78. The van der Waals surface area contributed by atoms with Crippen molar-refractivity contribution in [1.29, 1.82) is 0 Å². The van der Waals surface area contributed by atoms with E-state index in [-0.39, 0.29) is 23.7 Å². The Hall–Kier alpha value is -3.21. The molecule has 0 aliphatic heterocycles. The van der Waals surface area contributed by atoms with Crippen molar-refractivity contribution in [1.82, 2.24) is 0 Å². The van der Waals surface area contributed by atoms with Crippen LogP contribution in [-0.4, -0.2) is 13.0 Å². The smallest absolute Gasteiger partial charge is 0.291 e. The number of amides is 1. The van der Waals surface area contributed by atoms with E-state index < -0.39 is 0 Å². The van der Waals surface area contributed by atoms with E-state index >= 15 is 0 Å². The predicted octanol–water partition coefficient (Wildman–Crippen LogP) is 5.42. The molecule has 28 heavy (non-hydrogen) atoms. The molecule has 0 bridgehead atoms. The molecule has 1 amide bonds. The van der Waals surface area contributed by atoms with E-state index in [9.17, 15) is 4.79 Å². The molecule has 0 saturated carbocycles. The Bertz CT molecular complexity index is 939. The second kappa shape index (κ2) is 8.21. The third-order valence-corrected chi connectivity index (χ3v) is 4.40. The van der Waals surface area contributed by atoms with Crippen LogP contribution in [0.1, 0.15) is 42.5 Å². The van der Waals surface area contributed by atoms with Crippen LogP contribution in [0.3, 0.4) is 0 Å². The number of hydrogen-bond donors (Lipinski definition) is 1. The average molecular weight is 379 g/mol. The molecule has 2 aromatic carbocycles. The van der Waals surface area contributed by atoms with Crippen LogP contribution in [0.5, 0.6) is 11.5 Å². The summed E-state index contributed by atoms with van der Waals surface area (Å²) in [5, 5.41) is 2.90. The molecule has 1 N–H and O–H groups in total. The maximum Gasteiger partial charge on any atom is 0.291 e. The number of anilines is 1. The molecule has 146 valence electrons. The summed E-state index contributed by atoms with van der Waals surface area (Å²) in [5.74, 6) is 1.20. The third-order valence-electron chi connectivity index (χ3n) is 4.40. The lowest BCUT2D eigenvalue weighted by Gasteiger charge is -2.21. The molecule has 0 fully saturated rings. The number of nitrogens with one attached hydrogen (secondary N) is 1. The Morgan fingerprint density at radius 1 is 1.07 bits per heavy atom. The van der Waals surface area contributed by atoms with Crippen LogP contribution >= 0.6 is 0 Å². The predicted molar refractivity (Wildman–Crippen MR) is 109 cm³/mol. The molecular weight excluding hydrogens is 354 g/mol. The number of carbonyl (C=O) groups is 1. The van der Waals surface area contributed by atoms with E-state index in [1.807, 2.05) is 48.5 Å². The summed E-state index contributed by atoms with van der Waals surface area (Å²) in [6.07, 6.45) is 1.49. The van der Waals surface area contributed by atoms with Gasteiger partial charge < -0.3 is 19.2 Å². The molecule has 5 heteroatoms. The van der Waals surface area contributed by atoms with E-state index in [2.05, 4.69) is 26.1 Å². The van der Waals surface area contributed by atoms with Crippen molar-refractivity contribution >= 4 is 11.6 Å². The zero-order valence-corrected chi connectivity index (χ0v) is 16.6. The summed E-state index contributed by atoms with van der Waals surface area (Å²) < 4.78 is 16.6. The van der Waals surface area contributed by atoms with Crippen LogP contribution in [0.2, 0.25) is 0 Å². The van der Waals surface area contributed by atoms with Gasteiger partial charge in [0.25, 0.3) is 5.91 Å². The largest absolute Gasteiger partial charge is 0.495 e. The zero-order valence-electron chi connectivity index (χ0n) is 16.6. The van der Waals surface area contributed by atoms with E-state index in [0.29, 0.717) is 17.0 Å². The highest BCUT2D eigenvalue weighted by Crippen LogP contribution is 2.32. The lowest BCUT2D eigenvalue weighted by atomic mass is 9.87. The SMILES string of the molecule is COc1ccc(C(C)(C)C)cc1NC(=O)c1occc1COc1ccccc1. The maximum atomic E-state index is 12.8. The van der Waals surface area contributed by atoms with Gasteiger partial charge in [-0.3, -0.25) is 4.79 Å². The van der Waals surface area contributed by atoms with Crippen LogP contribution in [0.4, 0.5) is 5.69 Å². The van der Waals surface area contributed by atoms with Crippen molar-refractivity contribution in [2.24, 2.45) is 0 Å². The highest BCUT2D eigenvalue weighted by Gasteiger charge is 2.20. The molecule has 3 aromatic rings. The first-order valence-corrected chi connectivity index (χ1v) is 9.12. The molecule has 1 heterocycles. The van der Waals surface area contributed by atoms with Crippen molar-refractivity contribution < 1.29 is 18.7 Å². The van der Waals surface area contributed by atoms with Crippen LogP contribution in [0.25, 0.3) is 0 Å². The molecular formula is C23H25NO4. The summed E-state index contributed by atoms with van der Waals surface area (Å²) >= 11 is 0. The molecule has 0 aliphatic carbocycles. The number of methoxy groups -OCH3 is 1. The number of ether oxygens (including phenoxy) is 2. The number of hydrogen-bond acceptors (Lipinski definition) is 4. The van der Waals surface area contributed by atoms with Gasteiger partial charge in [-0.05, 0) is 41.3 Å². The van der Waals surface area contributed by atoms with Gasteiger partial charge in [-0.15, -0.1) is 0 Å². The van der Waals surface area contributed by atoms with Crippen molar-refractivity contribution in [3.8, 4) is 11.5 Å². The number of benzene rings is 2. The molecule has 0 unspecified atom stereocenters. The summed E-state index contributed by atoms with van der Waals surface area (Å²) in [6, 6.07) is 17.0. The summed E-state index contributed by atoms with van der Waals surface area (Å²) in [4.78, 5) is 12.8. The van der Waals surface area contributed by atoms with E-state index in [0.717, 1.165) is 11.3 Å². The van der Waals surface area contributed by atoms with Crippen LogP contribution in [0.15, 0.2) is 65.3 Å². The highest BCUT2D eigenvalue weighted by molar-refractivity contribution is 6.04. The number of rotatable bonds is 6. The van der Waals surface area contributed by atoms with Gasteiger partial charge in [-0.2, -0.15) is 0 Å². The lowest BCUT2D eigenvalue weighted by molar-refractivity contribution is 0.0993. The van der Waals surface area contributed by atoms with Gasteiger partial charge in [0.15, 0.2) is 5.76 Å². The van der Waals surface area contributed by atoms with Crippen LogP contribution in [0, 0.1) is 0 Å². The Kier molecular flexibility index (Phi) is 5.73. The van der Waals surface area contributed by atoms with Crippen molar-refractivity contribution in [3.05, 3.63) is 77.7 Å². The van der Waals surface area contributed by atoms with E-state index in [1.165, 1.54) is 6.26 Å². The molecule has 5 nitrogen and oxygen atoms in total. The first kappa shape index (κ1) is 19.5. The number of furan rings is 1. The average Bonchev–Trinajstić information content (AvgIpc) is 3.15. The van der Waals surface area contributed by atoms with Gasteiger partial charge in [0.1, 0.15) is 18.1 Å². The third kappa shape index (κ3) is 4.55. The quantitative estimate of drug-likeness (QED) is 0.621. The van der Waals surface area contributed by atoms with Crippen molar-refractivity contribution in [3.63, 3.8) is 0 Å². The number of para-hydroxylation sites is 1. The van der Waals surface area contributed by atoms with Gasteiger partial charge in [-0.25, -0.2) is 0 Å². The second-order valence-corrected chi connectivity index (χ2v) is 7.50. The normalized spacial score (nSPS) is 11.1. The van der Waals surface area contributed by atoms with E-state index in [4.69, 9.17) is 13.9 Å². The zero-order chi connectivity index (χ0) is 20.1. The minimum atomic E-state index is -0.346. The molecule has 0 aliphatic rings. The molecule has 0 saturated heterocycles. The fraction of sp³-hybridized carbons (Fsp3) is 0.261. The molecule has 1 aromatic heterocycles. The Morgan fingerprint density at radius 2 is 1.82 bits per heavy atom. The van der Waals surface area contributed by atoms with Crippen molar-refractivity contribution in [2.75, 3.05) is 12.4 Å². The Labute approximate surface area is 165 Å². The van der Waals surface area contributed by atoms with Crippen LogP contribution < -0.4 is 14.8 Å². The first-order valence-electron chi connectivity index (χ1n) is 9.12. The molecule has 0 radical (unpaired) electrons. The Balaban J connectivity index is 1.78. The second-order valence-electron chi connectivity index (χ2n) is 7.50. The lowest BCUT2D eigenvalue weighted by Crippen LogP contribution is -2.16. The van der Waals surface area contributed by atoms with Crippen molar-refractivity contribution in [2.45, 2.75) is 32.8 Å². The van der Waals surface area contributed by atoms with E-state index in [1.54, 1.807) is 13.2 Å². The first-order chi connectivity index (χ1) is 13.4. The maximum absolute atomic E-state index is 12.8. The van der Waals surface area contributed by atoms with Gasteiger partial charge in [0, 0.05) is 5.56 Å². The van der Waals surface area contributed by atoms with Gasteiger partial charge >= 0.3 is 0 Å². The molecule has 3 rings (SSSR count). The molecule has 0 spiro atoms. The minimum Gasteiger partial charge on any atom is -0.495 e.